The van der Waals surface area contributed by atoms with Crippen molar-refractivity contribution in [2.45, 2.75) is 26.7 Å². The van der Waals surface area contributed by atoms with Crippen molar-refractivity contribution in [2.75, 3.05) is 12.4 Å². The molecule has 0 aromatic carbocycles. The van der Waals surface area contributed by atoms with E-state index in [4.69, 9.17) is 16.1 Å². The van der Waals surface area contributed by atoms with Gasteiger partial charge in [-0.25, -0.2) is 0 Å². The first-order chi connectivity index (χ1) is 7.63. The second-order valence-corrected chi connectivity index (χ2v) is 4.29. The fourth-order valence-electron chi connectivity index (χ4n) is 1.29. The van der Waals surface area contributed by atoms with Crippen LogP contribution in [-0.2, 0) is 0 Å². The highest BCUT2D eigenvalue weighted by Gasteiger charge is 2.09. The Balaban J connectivity index is 2.21. The molecule has 1 aromatic rings. The van der Waals surface area contributed by atoms with E-state index in [0.717, 1.165) is 12.8 Å². The van der Waals surface area contributed by atoms with E-state index in [1.54, 1.807) is 13.0 Å². The highest BCUT2D eigenvalue weighted by molar-refractivity contribution is 6.18. The van der Waals surface area contributed by atoms with Crippen LogP contribution in [0.25, 0.3) is 0 Å². The predicted molar refractivity (Wildman–Crippen MR) is 62.7 cm³/mol. The largest absolute Gasteiger partial charge is 0.361 e. The molecular weight excluding hydrogens is 228 g/mol. The third kappa shape index (κ3) is 4.23. The average Bonchev–Trinajstić information content (AvgIpc) is 2.70. The van der Waals surface area contributed by atoms with Crippen LogP contribution in [0.3, 0.4) is 0 Å². The average molecular weight is 245 g/mol. The molecule has 0 aliphatic carbocycles. The Morgan fingerprint density at radius 1 is 1.69 bits per heavy atom. The molecule has 4 nitrogen and oxygen atoms in total. The Kier molecular flexibility index (Phi) is 5.32. The van der Waals surface area contributed by atoms with Gasteiger partial charge >= 0.3 is 0 Å². The van der Waals surface area contributed by atoms with Gasteiger partial charge in [-0.05, 0) is 25.7 Å². The molecule has 1 amide bonds. The Labute approximate surface area is 100 Å². The monoisotopic (exact) mass is 244 g/mol. The predicted octanol–water partition coefficient (Wildman–Crippen LogP) is 2.37. The highest BCUT2D eigenvalue weighted by Crippen LogP contribution is 2.06. The van der Waals surface area contributed by atoms with Gasteiger partial charge in [-0.3, -0.25) is 4.79 Å². The molecule has 1 unspecified atom stereocenters. The molecule has 90 valence electrons. The van der Waals surface area contributed by atoms with Crippen LogP contribution in [0.2, 0.25) is 0 Å². The summed E-state index contributed by atoms with van der Waals surface area (Å²) in [4.78, 5) is 11.5. The molecule has 5 heteroatoms. The summed E-state index contributed by atoms with van der Waals surface area (Å²) in [6, 6.07) is 1.62. The van der Waals surface area contributed by atoms with Gasteiger partial charge in [0.15, 0.2) is 5.69 Å². The SMILES string of the molecule is Cc1cc(C(=O)NCCCC(C)CCl)no1. The zero-order chi connectivity index (χ0) is 12.0. The standard InChI is InChI=1S/C11H17ClN2O2/c1-8(7-12)4-3-5-13-11(15)10-6-9(2)16-14-10/h6,8H,3-5,7H2,1-2H3,(H,13,15). The Morgan fingerprint density at radius 2 is 2.44 bits per heavy atom. The van der Waals surface area contributed by atoms with Crippen molar-refractivity contribution in [1.29, 1.82) is 0 Å². The van der Waals surface area contributed by atoms with Crippen LogP contribution >= 0.6 is 11.6 Å². The molecular formula is C11H17ClN2O2. The van der Waals surface area contributed by atoms with Crippen molar-refractivity contribution < 1.29 is 9.32 Å². The molecule has 1 atom stereocenters. The van der Waals surface area contributed by atoms with Gasteiger partial charge < -0.3 is 9.84 Å². The van der Waals surface area contributed by atoms with Gasteiger partial charge in [0, 0.05) is 18.5 Å². The third-order valence-corrected chi connectivity index (χ3v) is 2.81. The summed E-state index contributed by atoms with van der Waals surface area (Å²) in [5, 5.41) is 6.42. The number of rotatable bonds is 6. The number of hydrogen-bond donors (Lipinski definition) is 1. The lowest BCUT2D eigenvalue weighted by Crippen LogP contribution is -2.25. The molecule has 0 fully saturated rings. The van der Waals surface area contributed by atoms with Gasteiger partial charge in [0.05, 0.1) is 0 Å². The van der Waals surface area contributed by atoms with Crippen LogP contribution in [0.5, 0.6) is 0 Å². The maximum Gasteiger partial charge on any atom is 0.273 e. The lowest BCUT2D eigenvalue weighted by atomic mass is 10.1. The van der Waals surface area contributed by atoms with E-state index in [2.05, 4.69) is 17.4 Å². The highest BCUT2D eigenvalue weighted by atomic mass is 35.5. The van der Waals surface area contributed by atoms with Crippen molar-refractivity contribution in [1.82, 2.24) is 10.5 Å². The van der Waals surface area contributed by atoms with Crippen LogP contribution in [0, 0.1) is 12.8 Å². The van der Waals surface area contributed by atoms with Gasteiger partial charge in [-0.2, -0.15) is 0 Å². The van der Waals surface area contributed by atoms with Gasteiger partial charge in [-0.1, -0.05) is 12.1 Å². The summed E-state index contributed by atoms with van der Waals surface area (Å²) < 4.78 is 4.82. The van der Waals surface area contributed by atoms with E-state index in [9.17, 15) is 4.79 Å². The lowest BCUT2D eigenvalue weighted by Gasteiger charge is -2.06. The summed E-state index contributed by atoms with van der Waals surface area (Å²) >= 11 is 5.68. The second kappa shape index (κ2) is 6.53. The summed E-state index contributed by atoms with van der Waals surface area (Å²) in [5.74, 6) is 1.61. The number of alkyl halides is 1. The fourth-order valence-corrected chi connectivity index (χ4v) is 1.45. The number of hydrogen-bond acceptors (Lipinski definition) is 3. The van der Waals surface area contributed by atoms with Gasteiger partial charge in [-0.15, -0.1) is 11.6 Å². The summed E-state index contributed by atoms with van der Waals surface area (Å²) in [6.07, 6.45) is 1.94. The van der Waals surface area contributed by atoms with E-state index < -0.39 is 0 Å². The Morgan fingerprint density at radius 3 is 3.00 bits per heavy atom. The smallest absolute Gasteiger partial charge is 0.273 e. The topological polar surface area (TPSA) is 55.1 Å². The molecule has 1 rings (SSSR count). The molecule has 16 heavy (non-hydrogen) atoms. The van der Waals surface area contributed by atoms with Crippen molar-refractivity contribution in [2.24, 2.45) is 5.92 Å². The maximum absolute atomic E-state index is 11.5. The van der Waals surface area contributed by atoms with Crippen molar-refractivity contribution in [3.63, 3.8) is 0 Å². The molecule has 0 saturated carbocycles. The molecule has 0 saturated heterocycles. The zero-order valence-electron chi connectivity index (χ0n) is 9.62. The normalized spacial score (nSPS) is 12.4. The number of amides is 1. The summed E-state index contributed by atoms with van der Waals surface area (Å²) in [6.45, 7) is 4.49. The number of halogens is 1. The van der Waals surface area contributed by atoms with Crippen LogP contribution in [-0.4, -0.2) is 23.5 Å². The lowest BCUT2D eigenvalue weighted by molar-refractivity contribution is 0.0943. The molecule has 0 bridgehead atoms. The Bertz CT molecular complexity index is 338. The minimum atomic E-state index is -0.185. The molecule has 0 aliphatic rings. The van der Waals surface area contributed by atoms with E-state index in [1.165, 1.54) is 0 Å². The van der Waals surface area contributed by atoms with Crippen LogP contribution in [0.15, 0.2) is 10.6 Å². The first kappa shape index (κ1) is 13.0. The van der Waals surface area contributed by atoms with E-state index in [0.29, 0.717) is 29.8 Å². The fraction of sp³-hybridized carbons (Fsp3) is 0.636. The first-order valence-corrected chi connectivity index (χ1v) is 5.94. The first-order valence-electron chi connectivity index (χ1n) is 5.41. The minimum absolute atomic E-state index is 0.185. The maximum atomic E-state index is 11.5. The number of aryl methyl sites for hydroxylation is 1. The van der Waals surface area contributed by atoms with Gasteiger partial charge in [0.2, 0.25) is 0 Å². The number of nitrogens with one attached hydrogen (secondary N) is 1. The summed E-state index contributed by atoms with van der Waals surface area (Å²) in [7, 11) is 0. The molecule has 1 heterocycles. The number of carbonyl (C=O) groups excluding carboxylic acids is 1. The van der Waals surface area contributed by atoms with Crippen molar-refractivity contribution in [3.8, 4) is 0 Å². The van der Waals surface area contributed by atoms with Crippen molar-refractivity contribution >= 4 is 17.5 Å². The minimum Gasteiger partial charge on any atom is -0.361 e. The number of carbonyl (C=O) groups is 1. The van der Waals surface area contributed by atoms with Gasteiger partial charge in [0.1, 0.15) is 5.76 Å². The van der Waals surface area contributed by atoms with Crippen LogP contribution < -0.4 is 5.32 Å². The second-order valence-electron chi connectivity index (χ2n) is 3.98. The van der Waals surface area contributed by atoms with E-state index in [-0.39, 0.29) is 5.91 Å². The molecule has 0 spiro atoms. The van der Waals surface area contributed by atoms with Gasteiger partial charge in [0.25, 0.3) is 5.91 Å². The van der Waals surface area contributed by atoms with Crippen molar-refractivity contribution in [3.05, 3.63) is 17.5 Å². The molecule has 0 radical (unpaired) electrons. The molecule has 1 N–H and O–H groups in total. The summed E-state index contributed by atoms with van der Waals surface area (Å²) in [5.41, 5.74) is 0.336. The van der Waals surface area contributed by atoms with E-state index in [1.807, 2.05) is 0 Å². The molecule has 1 aromatic heterocycles. The number of aromatic nitrogens is 1. The zero-order valence-corrected chi connectivity index (χ0v) is 10.4. The number of nitrogens with zero attached hydrogens (tertiary/aromatic N) is 1. The van der Waals surface area contributed by atoms with E-state index >= 15 is 0 Å². The quantitative estimate of drug-likeness (QED) is 0.617. The van der Waals surface area contributed by atoms with Crippen LogP contribution in [0.1, 0.15) is 36.0 Å². The Hall–Kier alpha value is -1.03. The van der Waals surface area contributed by atoms with Crippen LogP contribution in [0.4, 0.5) is 0 Å². The molecule has 0 aliphatic heterocycles. The third-order valence-electron chi connectivity index (χ3n) is 2.28.